The Morgan fingerprint density at radius 2 is 1.68 bits per heavy atom. The number of likely N-dealkylation sites (tertiary alicyclic amines) is 2. The first kappa shape index (κ1) is 15.8. The van der Waals surface area contributed by atoms with E-state index in [-0.39, 0.29) is 11.8 Å². The lowest BCUT2D eigenvalue weighted by atomic mass is 9.93. The summed E-state index contributed by atoms with van der Waals surface area (Å²) < 4.78 is 0. The minimum Gasteiger partial charge on any atom is -0.342 e. The van der Waals surface area contributed by atoms with E-state index < -0.39 is 5.41 Å². The Hall–Kier alpha value is -1.06. The highest BCUT2D eigenvalue weighted by molar-refractivity contribution is 6.08. The summed E-state index contributed by atoms with van der Waals surface area (Å²) in [7, 11) is 0. The van der Waals surface area contributed by atoms with E-state index in [1.807, 2.05) is 9.80 Å². The molecule has 0 N–H and O–H groups in total. The Balaban J connectivity index is 1.69. The number of hydrogen-bond acceptors (Lipinski definition) is 2. The van der Waals surface area contributed by atoms with Crippen LogP contribution in [-0.4, -0.2) is 47.3 Å². The van der Waals surface area contributed by atoms with E-state index in [4.69, 9.17) is 0 Å². The Bertz CT molecular complexity index is 436. The molecule has 3 aliphatic rings. The van der Waals surface area contributed by atoms with Crippen LogP contribution in [0.1, 0.15) is 65.2 Å². The molecule has 1 saturated carbocycles. The maximum absolute atomic E-state index is 13.1. The fourth-order valence-corrected chi connectivity index (χ4v) is 4.13. The van der Waals surface area contributed by atoms with Gasteiger partial charge in [-0.15, -0.1) is 0 Å². The van der Waals surface area contributed by atoms with E-state index in [0.29, 0.717) is 12.0 Å². The fraction of sp³-hybridized carbons (Fsp3) is 0.889. The lowest BCUT2D eigenvalue weighted by molar-refractivity contribution is -0.152. The summed E-state index contributed by atoms with van der Waals surface area (Å²) in [6, 6.07) is 0.355. The average molecular weight is 306 g/mol. The molecule has 0 aromatic heterocycles. The van der Waals surface area contributed by atoms with Crippen molar-refractivity contribution in [3.8, 4) is 0 Å². The normalized spacial score (nSPS) is 28.5. The smallest absolute Gasteiger partial charge is 0.238 e. The van der Waals surface area contributed by atoms with Crippen molar-refractivity contribution in [2.45, 2.75) is 71.3 Å². The average Bonchev–Trinajstić information content (AvgIpc) is 3.36. The third kappa shape index (κ3) is 2.77. The predicted octanol–water partition coefficient (Wildman–Crippen LogP) is 2.82. The summed E-state index contributed by atoms with van der Waals surface area (Å²) in [5.41, 5.74) is -0.675. The summed E-state index contributed by atoms with van der Waals surface area (Å²) in [6.07, 6.45) is 8.12. The van der Waals surface area contributed by atoms with E-state index in [9.17, 15) is 9.59 Å². The van der Waals surface area contributed by atoms with Gasteiger partial charge in [-0.3, -0.25) is 9.59 Å². The molecule has 2 aliphatic heterocycles. The van der Waals surface area contributed by atoms with Gasteiger partial charge in [0.1, 0.15) is 5.41 Å². The van der Waals surface area contributed by atoms with E-state index in [1.165, 1.54) is 6.42 Å². The van der Waals surface area contributed by atoms with Crippen molar-refractivity contribution in [1.29, 1.82) is 0 Å². The quantitative estimate of drug-likeness (QED) is 0.752. The highest BCUT2D eigenvalue weighted by atomic mass is 16.2. The molecule has 4 nitrogen and oxygen atoms in total. The maximum Gasteiger partial charge on any atom is 0.238 e. The summed E-state index contributed by atoms with van der Waals surface area (Å²) >= 11 is 0. The Morgan fingerprint density at radius 3 is 2.27 bits per heavy atom. The first-order chi connectivity index (χ1) is 10.6. The zero-order valence-corrected chi connectivity index (χ0v) is 14.1. The molecule has 1 atom stereocenters. The van der Waals surface area contributed by atoms with Gasteiger partial charge in [0.2, 0.25) is 11.8 Å². The summed E-state index contributed by atoms with van der Waals surface area (Å²) in [4.78, 5) is 30.0. The van der Waals surface area contributed by atoms with E-state index in [0.717, 1.165) is 64.6 Å². The third-order valence-electron chi connectivity index (χ3n) is 6.00. The summed E-state index contributed by atoms with van der Waals surface area (Å²) in [5.74, 6) is 0.981. The molecular formula is C18H30N2O2. The second kappa shape index (κ2) is 6.21. The molecule has 3 fully saturated rings. The second-order valence-electron chi connectivity index (χ2n) is 7.61. The second-order valence-corrected chi connectivity index (χ2v) is 7.61. The van der Waals surface area contributed by atoms with E-state index in [1.54, 1.807) is 0 Å². The number of rotatable bonds is 3. The van der Waals surface area contributed by atoms with Crippen LogP contribution >= 0.6 is 0 Å². The maximum atomic E-state index is 13.1. The van der Waals surface area contributed by atoms with Gasteiger partial charge in [-0.25, -0.2) is 0 Å². The van der Waals surface area contributed by atoms with Crippen molar-refractivity contribution in [2.24, 2.45) is 11.3 Å². The molecular weight excluding hydrogens is 276 g/mol. The monoisotopic (exact) mass is 306 g/mol. The molecule has 3 rings (SSSR count). The molecule has 0 aromatic carbocycles. The number of carbonyl (C=O) groups is 2. The molecule has 1 aliphatic carbocycles. The molecule has 0 aromatic rings. The van der Waals surface area contributed by atoms with Crippen LogP contribution in [0, 0.1) is 11.3 Å². The van der Waals surface area contributed by atoms with Gasteiger partial charge >= 0.3 is 0 Å². The van der Waals surface area contributed by atoms with Crippen LogP contribution in [0.2, 0.25) is 0 Å². The minimum absolute atomic E-state index is 0.129. The van der Waals surface area contributed by atoms with Crippen LogP contribution in [0.3, 0.4) is 0 Å². The Kier molecular flexibility index (Phi) is 4.47. The van der Waals surface area contributed by atoms with Gasteiger partial charge in [-0.1, -0.05) is 13.8 Å². The number of nitrogens with zero attached hydrogens (tertiary/aromatic N) is 2. The molecule has 1 unspecified atom stereocenters. The first-order valence-electron chi connectivity index (χ1n) is 9.19. The molecule has 124 valence electrons. The van der Waals surface area contributed by atoms with Gasteiger partial charge in [-0.05, 0) is 57.3 Å². The van der Waals surface area contributed by atoms with Gasteiger partial charge in [0, 0.05) is 25.7 Å². The van der Waals surface area contributed by atoms with Crippen LogP contribution < -0.4 is 0 Å². The fourth-order valence-electron chi connectivity index (χ4n) is 4.13. The molecule has 2 heterocycles. The largest absolute Gasteiger partial charge is 0.342 e. The highest BCUT2D eigenvalue weighted by Gasteiger charge is 2.60. The number of hydrogen-bond donors (Lipinski definition) is 0. The van der Waals surface area contributed by atoms with Gasteiger partial charge in [0.25, 0.3) is 0 Å². The minimum atomic E-state index is -0.675. The Morgan fingerprint density at radius 1 is 1.00 bits per heavy atom. The number of amides is 2. The zero-order valence-electron chi connectivity index (χ0n) is 14.1. The molecule has 22 heavy (non-hydrogen) atoms. The van der Waals surface area contributed by atoms with Crippen molar-refractivity contribution in [2.75, 3.05) is 19.6 Å². The van der Waals surface area contributed by atoms with Crippen LogP contribution in [0.5, 0.6) is 0 Å². The molecule has 2 saturated heterocycles. The van der Waals surface area contributed by atoms with Gasteiger partial charge in [0.15, 0.2) is 0 Å². The van der Waals surface area contributed by atoms with Crippen molar-refractivity contribution in [1.82, 2.24) is 9.80 Å². The topological polar surface area (TPSA) is 40.6 Å². The summed E-state index contributed by atoms with van der Waals surface area (Å²) in [6.45, 7) is 6.94. The van der Waals surface area contributed by atoms with Crippen LogP contribution in [0.4, 0.5) is 0 Å². The summed E-state index contributed by atoms with van der Waals surface area (Å²) in [5, 5.41) is 0. The molecule has 2 amide bonds. The Labute approximate surface area is 134 Å². The third-order valence-corrected chi connectivity index (χ3v) is 6.00. The molecule has 4 heteroatoms. The van der Waals surface area contributed by atoms with E-state index >= 15 is 0 Å². The molecule has 0 spiro atoms. The first-order valence-corrected chi connectivity index (χ1v) is 9.19. The number of carbonyl (C=O) groups excluding carboxylic acids is 2. The van der Waals surface area contributed by atoms with Crippen molar-refractivity contribution >= 4 is 11.8 Å². The SMILES string of the molecule is CCC1CCCCN1C(=O)C1(C(=O)N2CCC(C)CC2)CC1. The van der Waals surface area contributed by atoms with Crippen molar-refractivity contribution < 1.29 is 9.59 Å². The van der Waals surface area contributed by atoms with Crippen LogP contribution in [0.25, 0.3) is 0 Å². The van der Waals surface area contributed by atoms with Crippen molar-refractivity contribution in [3.05, 3.63) is 0 Å². The van der Waals surface area contributed by atoms with Crippen LogP contribution in [0.15, 0.2) is 0 Å². The van der Waals surface area contributed by atoms with Crippen LogP contribution in [-0.2, 0) is 9.59 Å². The lowest BCUT2D eigenvalue weighted by Crippen LogP contribution is -2.52. The standard InChI is InChI=1S/C18H30N2O2/c1-3-15-6-4-5-11-20(15)17(22)18(9-10-18)16(21)19-12-7-14(2)8-13-19/h14-15H,3-13H2,1-2H3. The highest BCUT2D eigenvalue weighted by Crippen LogP contribution is 2.50. The van der Waals surface area contributed by atoms with Crippen molar-refractivity contribution in [3.63, 3.8) is 0 Å². The number of piperidine rings is 2. The van der Waals surface area contributed by atoms with E-state index in [2.05, 4.69) is 13.8 Å². The molecule has 0 radical (unpaired) electrons. The predicted molar refractivity (Wildman–Crippen MR) is 86.3 cm³/mol. The molecule has 0 bridgehead atoms. The van der Waals surface area contributed by atoms with Gasteiger partial charge in [0.05, 0.1) is 0 Å². The van der Waals surface area contributed by atoms with Gasteiger partial charge in [-0.2, -0.15) is 0 Å². The lowest BCUT2D eigenvalue weighted by Gasteiger charge is -2.39. The van der Waals surface area contributed by atoms with Gasteiger partial charge < -0.3 is 9.80 Å². The zero-order chi connectivity index (χ0) is 15.7.